The molecule has 0 radical (unpaired) electrons. The number of aliphatic hydroxyl groups excluding tert-OH is 1. The normalized spacial score (nSPS) is 15.7. The van der Waals surface area contributed by atoms with Gasteiger partial charge in [0.05, 0.1) is 25.9 Å². The minimum atomic E-state index is -0.514. The number of hydrogen-bond donors (Lipinski definition) is 1. The highest BCUT2D eigenvalue weighted by Crippen LogP contribution is 2.16. The predicted molar refractivity (Wildman–Crippen MR) is 129 cm³/mol. The third-order valence-corrected chi connectivity index (χ3v) is 5.14. The number of aliphatic hydroxyl groups is 1. The van der Waals surface area contributed by atoms with Gasteiger partial charge in [-0.05, 0) is 53.0 Å². The third kappa shape index (κ3) is 11.6. The van der Waals surface area contributed by atoms with Gasteiger partial charge < -0.3 is 19.3 Å². The predicted octanol–water partition coefficient (Wildman–Crippen LogP) is 5.85. The molecule has 0 saturated heterocycles. The summed E-state index contributed by atoms with van der Waals surface area (Å²) in [6, 6.07) is 7.80. The van der Waals surface area contributed by atoms with Crippen LogP contribution in [-0.2, 0) is 16.1 Å². The molecule has 1 rings (SSSR count). The molecule has 0 aromatic heterocycles. The second-order valence-electron chi connectivity index (χ2n) is 7.13. The Morgan fingerprint density at radius 3 is 2.48 bits per heavy atom. The Hall–Kier alpha value is -1.15. The van der Waals surface area contributed by atoms with Gasteiger partial charge in [0, 0.05) is 20.1 Å². The number of allylic oxidation sites excluding steroid dienone is 2. The fraction of sp³-hybridized carbons (Fsp3) is 0.500. The summed E-state index contributed by atoms with van der Waals surface area (Å²) in [5, 5.41) is 10.1. The van der Waals surface area contributed by atoms with Crippen molar-refractivity contribution < 1.29 is 19.3 Å². The van der Waals surface area contributed by atoms with E-state index in [-0.39, 0.29) is 6.10 Å². The van der Waals surface area contributed by atoms with E-state index in [1.165, 1.54) is 5.57 Å². The molecule has 29 heavy (non-hydrogen) atoms. The summed E-state index contributed by atoms with van der Waals surface area (Å²) in [5.74, 6) is 1.32. The van der Waals surface area contributed by atoms with Crippen LogP contribution in [0.5, 0.6) is 5.75 Å². The van der Waals surface area contributed by atoms with E-state index in [1.54, 1.807) is 14.2 Å². The van der Waals surface area contributed by atoms with Crippen LogP contribution in [0.15, 0.2) is 58.2 Å². The second-order valence-corrected chi connectivity index (χ2v) is 7.85. The molecule has 0 aliphatic heterocycles. The quantitative estimate of drug-likeness (QED) is 0.192. The topological polar surface area (TPSA) is 47.9 Å². The first kappa shape index (κ1) is 25.9. The molecule has 0 fully saturated rings. The van der Waals surface area contributed by atoms with Gasteiger partial charge in [0.25, 0.3) is 0 Å². The molecule has 0 heterocycles. The summed E-state index contributed by atoms with van der Waals surface area (Å²) in [7, 11) is 3.38. The Bertz CT molecular complexity index is 637. The molecular weight excluding hydrogens is 479 g/mol. The van der Waals surface area contributed by atoms with Crippen molar-refractivity contribution in [1.82, 2.24) is 0 Å². The molecule has 162 valence electrons. The summed E-state index contributed by atoms with van der Waals surface area (Å²) >= 11 is 2.24. The molecule has 1 aromatic rings. The molecule has 1 aromatic carbocycles. The molecule has 1 N–H and O–H groups in total. The van der Waals surface area contributed by atoms with Gasteiger partial charge in [0.15, 0.2) is 0 Å². The SMILES string of the molecule is COc1ccc(COCC[C@H](O)/C=C/C[C@H](OC)/C(C)=C/[C@@H](C)C/C=C/I)cc1. The van der Waals surface area contributed by atoms with E-state index < -0.39 is 6.10 Å². The van der Waals surface area contributed by atoms with Gasteiger partial charge in [0.2, 0.25) is 0 Å². The van der Waals surface area contributed by atoms with Crippen LogP contribution >= 0.6 is 22.6 Å². The lowest BCUT2D eigenvalue weighted by Crippen LogP contribution is -2.13. The van der Waals surface area contributed by atoms with Crippen LogP contribution in [0.25, 0.3) is 0 Å². The van der Waals surface area contributed by atoms with Gasteiger partial charge in [0.1, 0.15) is 5.75 Å². The molecule has 0 aliphatic carbocycles. The van der Waals surface area contributed by atoms with Crippen molar-refractivity contribution in [3.8, 4) is 5.75 Å². The van der Waals surface area contributed by atoms with Crippen molar-refractivity contribution in [3.63, 3.8) is 0 Å². The van der Waals surface area contributed by atoms with Crippen LogP contribution in [0.2, 0.25) is 0 Å². The van der Waals surface area contributed by atoms with Crippen molar-refractivity contribution in [3.05, 3.63) is 63.8 Å². The van der Waals surface area contributed by atoms with Crippen LogP contribution < -0.4 is 4.74 Å². The molecule has 3 atom stereocenters. The zero-order valence-corrected chi connectivity index (χ0v) is 20.2. The summed E-state index contributed by atoms with van der Waals surface area (Å²) in [5.41, 5.74) is 2.31. The van der Waals surface area contributed by atoms with Gasteiger partial charge in [-0.2, -0.15) is 0 Å². The Morgan fingerprint density at radius 1 is 1.14 bits per heavy atom. The maximum atomic E-state index is 10.1. The van der Waals surface area contributed by atoms with Crippen LogP contribution in [0, 0.1) is 5.92 Å². The number of benzene rings is 1. The summed E-state index contributed by atoms with van der Waals surface area (Å²) < 4.78 is 18.5. The lowest BCUT2D eigenvalue weighted by Gasteiger charge is -2.16. The molecule has 0 bridgehead atoms. The molecule has 0 aliphatic rings. The Balaban J connectivity index is 2.32. The number of hydrogen-bond acceptors (Lipinski definition) is 4. The van der Waals surface area contributed by atoms with Crippen molar-refractivity contribution in [2.75, 3.05) is 20.8 Å². The van der Waals surface area contributed by atoms with E-state index in [9.17, 15) is 5.11 Å². The Kier molecular flexibility index (Phi) is 14.0. The highest BCUT2D eigenvalue weighted by Gasteiger charge is 2.09. The molecule has 0 unspecified atom stereocenters. The van der Waals surface area contributed by atoms with E-state index in [0.29, 0.717) is 25.6 Å². The van der Waals surface area contributed by atoms with Gasteiger partial charge in [-0.1, -0.05) is 66.0 Å². The maximum absolute atomic E-state index is 10.1. The highest BCUT2D eigenvalue weighted by molar-refractivity contribution is 14.1. The van der Waals surface area contributed by atoms with Crippen LogP contribution in [0.4, 0.5) is 0 Å². The van der Waals surface area contributed by atoms with Gasteiger partial charge in [-0.3, -0.25) is 0 Å². The molecule has 5 heteroatoms. The molecular formula is C24H35IO4. The first-order valence-corrected chi connectivity index (χ1v) is 11.3. The zero-order chi connectivity index (χ0) is 21.5. The molecule has 4 nitrogen and oxygen atoms in total. The van der Waals surface area contributed by atoms with Gasteiger partial charge >= 0.3 is 0 Å². The lowest BCUT2D eigenvalue weighted by molar-refractivity contribution is 0.0880. The minimum Gasteiger partial charge on any atom is -0.497 e. The minimum absolute atomic E-state index is 0.0378. The largest absolute Gasteiger partial charge is 0.497 e. The van der Waals surface area contributed by atoms with Gasteiger partial charge in [-0.25, -0.2) is 0 Å². The number of methoxy groups -OCH3 is 2. The van der Waals surface area contributed by atoms with E-state index in [0.717, 1.165) is 24.2 Å². The van der Waals surface area contributed by atoms with Crippen molar-refractivity contribution >= 4 is 22.6 Å². The van der Waals surface area contributed by atoms with E-state index >= 15 is 0 Å². The number of ether oxygens (including phenoxy) is 3. The summed E-state index contributed by atoms with van der Waals surface area (Å²) in [4.78, 5) is 0. The zero-order valence-electron chi connectivity index (χ0n) is 18.0. The van der Waals surface area contributed by atoms with Crippen molar-refractivity contribution in [1.29, 1.82) is 0 Å². The molecule has 0 spiro atoms. The Morgan fingerprint density at radius 2 is 1.86 bits per heavy atom. The molecule has 0 saturated carbocycles. The van der Waals surface area contributed by atoms with Crippen LogP contribution in [-0.4, -0.2) is 38.1 Å². The van der Waals surface area contributed by atoms with E-state index in [4.69, 9.17) is 14.2 Å². The number of rotatable bonds is 14. The number of halogens is 1. The van der Waals surface area contributed by atoms with Crippen LogP contribution in [0.3, 0.4) is 0 Å². The summed E-state index contributed by atoms with van der Waals surface area (Å²) in [6.07, 6.45) is 10.1. The second kappa shape index (κ2) is 15.7. The smallest absolute Gasteiger partial charge is 0.118 e. The van der Waals surface area contributed by atoms with E-state index in [1.807, 2.05) is 36.4 Å². The Labute approximate surface area is 189 Å². The average molecular weight is 514 g/mol. The standard InChI is InChI=1S/C24H35IO4/c1-19(7-6-15-25)17-20(2)24(28-4)9-5-8-22(26)14-16-29-18-21-10-12-23(27-3)13-11-21/h5-6,8,10-13,15,17,19,22,24,26H,7,9,14,16,18H2,1-4H3/b8-5+,15-6+,20-17+/t19-,22+,24-/m0/s1. The fourth-order valence-electron chi connectivity index (χ4n) is 2.93. The maximum Gasteiger partial charge on any atom is 0.118 e. The monoisotopic (exact) mass is 514 g/mol. The van der Waals surface area contributed by atoms with Crippen molar-refractivity contribution in [2.45, 2.75) is 51.9 Å². The van der Waals surface area contributed by atoms with E-state index in [2.05, 4.69) is 52.7 Å². The first-order valence-electron chi connectivity index (χ1n) is 10.0. The van der Waals surface area contributed by atoms with Crippen LogP contribution in [0.1, 0.15) is 38.7 Å². The fourth-order valence-corrected chi connectivity index (χ4v) is 3.22. The lowest BCUT2D eigenvalue weighted by atomic mass is 10.00. The molecule has 0 amide bonds. The van der Waals surface area contributed by atoms with Crippen molar-refractivity contribution in [2.24, 2.45) is 5.92 Å². The highest BCUT2D eigenvalue weighted by atomic mass is 127. The third-order valence-electron chi connectivity index (χ3n) is 4.63. The first-order chi connectivity index (χ1) is 14.0. The average Bonchev–Trinajstić information content (AvgIpc) is 2.73. The van der Waals surface area contributed by atoms with Gasteiger partial charge in [-0.15, -0.1) is 0 Å². The summed E-state index contributed by atoms with van der Waals surface area (Å²) in [6.45, 7) is 5.35.